The number of nitrogens with zero attached hydrogens (tertiary/aromatic N) is 1. The normalized spacial score (nSPS) is 11.4. The third kappa shape index (κ3) is 3.80. The molecule has 0 fully saturated rings. The first kappa shape index (κ1) is 13.6. The van der Waals surface area contributed by atoms with Crippen LogP contribution in [-0.4, -0.2) is 26.8 Å². The molecule has 1 rings (SSSR count). The summed E-state index contributed by atoms with van der Waals surface area (Å²) in [6.45, 7) is 4.76. The van der Waals surface area contributed by atoms with Crippen molar-refractivity contribution in [3.8, 4) is 0 Å². The molecule has 0 aliphatic heterocycles. The highest BCUT2D eigenvalue weighted by atomic mass is 16.6. The number of rotatable bonds is 3. The van der Waals surface area contributed by atoms with Crippen LogP contribution in [0.5, 0.6) is 0 Å². The van der Waals surface area contributed by atoms with Gasteiger partial charge in [-0.15, -0.1) is 0 Å². The molecule has 0 aliphatic rings. The predicted molar refractivity (Wildman–Crippen MR) is 61.3 cm³/mol. The van der Waals surface area contributed by atoms with Gasteiger partial charge in [0.15, 0.2) is 0 Å². The van der Waals surface area contributed by atoms with Gasteiger partial charge in [0.2, 0.25) is 0 Å². The van der Waals surface area contributed by atoms with Crippen molar-refractivity contribution in [3.05, 3.63) is 29.1 Å². The number of esters is 1. The second-order valence-electron chi connectivity index (χ2n) is 4.65. The third-order valence-corrected chi connectivity index (χ3v) is 2.01. The Labute approximate surface area is 100 Å². The topological polar surface area (TPSA) is 79.7 Å². The molecule has 0 saturated carbocycles. The summed E-state index contributed by atoms with van der Waals surface area (Å²) >= 11 is 0. The summed E-state index contributed by atoms with van der Waals surface area (Å²) in [5, 5.41) is 18.1. The summed E-state index contributed by atoms with van der Waals surface area (Å²) in [6, 6.07) is 1.48. The van der Waals surface area contributed by atoms with E-state index in [1.54, 1.807) is 20.8 Å². The summed E-state index contributed by atoms with van der Waals surface area (Å²) in [7, 11) is 0. The Morgan fingerprint density at radius 3 is 2.47 bits per heavy atom. The molecule has 0 radical (unpaired) electrons. The van der Waals surface area contributed by atoms with Gasteiger partial charge in [-0.3, -0.25) is 4.98 Å². The standard InChI is InChI=1S/C12H17NO4/c1-12(2,3)17-11(16)8-4-9(6-14)10(7-15)13-5-8/h4-5,14-15H,6-7H2,1-3H3. The fourth-order valence-corrected chi connectivity index (χ4v) is 1.27. The van der Waals surface area contributed by atoms with Crippen LogP contribution in [0.15, 0.2) is 12.3 Å². The van der Waals surface area contributed by atoms with Gasteiger partial charge in [-0.25, -0.2) is 4.79 Å². The lowest BCUT2D eigenvalue weighted by Crippen LogP contribution is -2.24. The maximum absolute atomic E-state index is 11.7. The van der Waals surface area contributed by atoms with Crippen molar-refractivity contribution < 1.29 is 19.7 Å². The van der Waals surface area contributed by atoms with Crippen LogP contribution in [0.3, 0.4) is 0 Å². The molecule has 5 nitrogen and oxygen atoms in total. The van der Waals surface area contributed by atoms with Crippen molar-refractivity contribution >= 4 is 5.97 Å². The van der Waals surface area contributed by atoms with E-state index in [-0.39, 0.29) is 18.8 Å². The number of aliphatic hydroxyl groups excluding tert-OH is 2. The van der Waals surface area contributed by atoms with Crippen molar-refractivity contribution in [2.45, 2.75) is 39.6 Å². The lowest BCUT2D eigenvalue weighted by atomic mass is 10.1. The van der Waals surface area contributed by atoms with Crippen LogP contribution in [0.1, 0.15) is 42.4 Å². The molecule has 0 unspecified atom stereocenters. The first-order chi connectivity index (χ1) is 7.87. The number of aliphatic hydroxyl groups is 2. The van der Waals surface area contributed by atoms with Crippen molar-refractivity contribution in [3.63, 3.8) is 0 Å². The fourth-order valence-electron chi connectivity index (χ4n) is 1.27. The molecule has 0 aliphatic carbocycles. The molecule has 1 heterocycles. The van der Waals surface area contributed by atoms with Crippen LogP contribution in [0.25, 0.3) is 0 Å². The zero-order valence-electron chi connectivity index (χ0n) is 10.2. The van der Waals surface area contributed by atoms with Gasteiger partial charge in [0, 0.05) is 11.8 Å². The summed E-state index contributed by atoms with van der Waals surface area (Å²) in [5.74, 6) is -0.496. The lowest BCUT2D eigenvalue weighted by molar-refractivity contribution is 0.00687. The summed E-state index contributed by atoms with van der Waals surface area (Å²) < 4.78 is 5.17. The zero-order valence-corrected chi connectivity index (χ0v) is 10.2. The lowest BCUT2D eigenvalue weighted by Gasteiger charge is -2.19. The summed E-state index contributed by atoms with van der Waals surface area (Å²) in [4.78, 5) is 15.6. The Morgan fingerprint density at radius 2 is 2.00 bits per heavy atom. The van der Waals surface area contributed by atoms with Crippen LogP contribution in [0.2, 0.25) is 0 Å². The number of carbonyl (C=O) groups excluding carboxylic acids is 1. The molecule has 0 spiro atoms. The molecular formula is C12H17NO4. The number of pyridine rings is 1. The third-order valence-electron chi connectivity index (χ3n) is 2.01. The number of hydrogen-bond acceptors (Lipinski definition) is 5. The van der Waals surface area contributed by atoms with E-state index in [4.69, 9.17) is 14.9 Å². The van der Waals surface area contributed by atoms with Crippen molar-refractivity contribution in [2.24, 2.45) is 0 Å². The monoisotopic (exact) mass is 239 g/mol. The van der Waals surface area contributed by atoms with Gasteiger partial charge in [-0.2, -0.15) is 0 Å². The first-order valence-electron chi connectivity index (χ1n) is 5.30. The smallest absolute Gasteiger partial charge is 0.340 e. The molecular weight excluding hydrogens is 222 g/mol. The van der Waals surface area contributed by atoms with Gasteiger partial charge in [-0.05, 0) is 26.8 Å². The van der Waals surface area contributed by atoms with E-state index in [1.807, 2.05) is 0 Å². The molecule has 0 saturated heterocycles. The largest absolute Gasteiger partial charge is 0.456 e. The maximum Gasteiger partial charge on any atom is 0.340 e. The minimum atomic E-state index is -0.577. The maximum atomic E-state index is 11.7. The predicted octanol–water partition coefficient (Wildman–Crippen LogP) is 1.02. The van der Waals surface area contributed by atoms with Crippen molar-refractivity contribution in [1.29, 1.82) is 0 Å². The van der Waals surface area contributed by atoms with Crippen LogP contribution >= 0.6 is 0 Å². The average Bonchev–Trinajstić information content (AvgIpc) is 2.25. The van der Waals surface area contributed by atoms with Gasteiger partial charge in [0.25, 0.3) is 0 Å². The van der Waals surface area contributed by atoms with E-state index in [9.17, 15) is 4.79 Å². The van der Waals surface area contributed by atoms with Crippen LogP contribution < -0.4 is 0 Å². The molecule has 17 heavy (non-hydrogen) atoms. The second kappa shape index (κ2) is 5.25. The van der Waals surface area contributed by atoms with Gasteiger partial charge in [0.05, 0.1) is 24.5 Å². The van der Waals surface area contributed by atoms with Crippen molar-refractivity contribution in [2.75, 3.05) is 0 Å². The minimum Gasteiger partial charge on any atom is -0.456 e. The fraction of sp³-hybridized carbons (Fsp3) is 0.500. The molecule has 94 valence electrons. The first-order valence-corrected chi connectivity index (χ1v) is 5.30. The SMILES string of the molecule is CC(C)(C)OC(=O)c1cnc(CO)c(CO)c1. The summed E-state index contributed by atoms with van der Waals surface area (Å²) in [5.41, 5.74) is 0.475. The highest BCUT2D eigenvalue weighted by Crippen LogP contribution is 2.14. The number of aromatic nitrogens is 1. The summed E-state index contributed by atoms with van der Waals surface area (Å²) in [6.07, 6.45) is 1.33. The quantitative estimate of drug-likeness (QED) is 0.770. The van der Waals surface area contributed by atoms with Crippen molar-refractivity contribution in [1.82, 2.24) is 4.98 Å². The molecule has 0 aromatic carbocycles. The average molecular weight is 239 g/mol. The van der Waals surface area contributed by atoms with Crippen LogP contribution in [0, 0.1) is 0 Å². The number of carbonyl (C=O) groups is 1. The van der Waals surface area contributed by atoms with Gasteiger partial charge in [-0.1, -0.05) is 0 Å². The van der Waals surface area contributed by atoms with Gasteiger partial charge >= 0.3 is 5.97 Å². The van der Waals surface area contributed by atoms with Gasteiger partial charge in [0.1, 0.15) is 5.60 Å². The minimum absolute atomic E-state index is 0.265. The van der Waals surface area contributed by atoms with E-state index in [2.05, 4.69) is 4.98 Å². The van der Waals surface area contributed by atoms with Gasteiger partial charge < -0.3 is 14.9 Å². The van der Waals surface area contributed by atoms with E-state index in [0.717, 1.165) is 0 Å². The highest BCUT2D eigenvalue weighted by Gasteiger charge is 2.19. The Kier molecular flexibility index (Phi) is 4.20. The Balaban J connectivity index is 2.96. The second-order valence-corrected chi connectivity index (χ2v) is 4.65. The van der Waals surface area contributed by atoms with E-state index >= 15 is 0 Å². The number of ether oxygens (including phenoxy) is 1. The van der Waals surface area contributed by atoms with Crippen LogP contribution in [0.4, 0.5) is 0 Å². The molecule has 0 bridgehead atoms. The molecule has 0 atom stereocenters. The zero-order chi connectivity index (χ0) is 13.1. The Hall–Kier alpha value is -1.46. The highest BCUT2D eigenvalue weighted by molar-refractivity contribution is 5.89. The number of hydrogen-bond donors (Lipinski definition) is 2. The van der Waals surface area contributed by atoms with E-state index in [0.29, 0.717) is 11.3 Å². The molecule has 1 aromatic heterocycles. The van der Waals surface area contributed by atoms with E-state index < -0.39 is 11.6 Å². The molecule has 1 aromatic rings. The van der Waals surface area contributed by atoms with E-state index in [1.165, 1.54) is 12.3 Å². The Morgan fingerprint density at radius 1 is 1.35 bits per heavy atom. The van der Waals surface area contributed by atoms with Crippen LogP contribution in [-0.2, 0) is 18.0 Å². The molecule has 5 heteroatoms. The Bertz CT molecular complexity index is 409. The molecule has 2 N–H and O–H groups in total. The molecule has 0 amide bonds.